The molecule has 152 valence electrons. The molecule has 1 aliphatic rings. The fourth-order valence-corrected chi connectivity index (χ4v) is 4.44. The van der Waals surface area contributed by atoms with Crippen molar-refractivity contribution in [2.45, 2.75) is 53.1 Å². The Kier molecular flexibility index (Phi) is 6.50. The van der Waals surface area contributed by atoms with Crippen LogP contribution in [-0.2, 0) is 11.3 Å². The Morgan fingerprint density at radius 1 is 1.29 bits per heavy atom. The van der Waals surface area contributed by atoms with Crippen molar-refractivity contribution in [1.29, 1.82) is 0 Å². The van der Waals surface area contributed by atoms with E-state index < -0.39 is 0 Å². The van der Waals surface area contributed by atoms with Crippen molar-refractivity contribution >= 4 is 16.8 Å². The standard InChI is InChI=1S/C22H32N4O2/c1-15-10-16(2)12-25(11-15)13-18(4)24-20(27)8-9-26-14-23-21-17(3)6-5-7-19(21)22(26)28/h5-7,14-16,18H,8-13H2,1-4H3,(H,24,27). The number of hydrogen-bond donors (Lipinski definition) is 1. The SMILES string of the molecule is Cc1cccc2c(=O)n(CCC(=O)NC(C)CN3CC(C)CC(C)C3)cnc12. The molecule has 1 amide bonds. The lowest BCUT2D eigenvalue weighted by Gasteiger charge is -2.36. The summed E-state index contributed by atoms with van der Waals surface area (Å²) in [5.41, 5.74) is 1.62. The van der Waals surface area contributed by atoms with E-state index in [0.29, 0.717) is 23.8 Å². The molecule has 6 heteroatoms. The van der Waals surface area contributed by atoms with E-state index in [1.165, 1.54) is 11.0 Å². The molecular weight excluding hydrogens is 352 g/mol. The van der Waals surface area contributed by atoms with Crippen molar-refractivity contribution in [2.24, 2.45) is 11.8 Å². The van der Waals surface area contributed by atoms with Crippen LogP contribution in [0.5, 0.6) is 0 Å². The maximum absolute atomic E-state index is 12.6. The molecule has 1 saturated heterocycles. The lowest BCUT2D eigenvalue weighted by atomic mass is 9.92. The van der Waals surface area contributed by atoms with Gasteiger partial charge in [-0.25, -0.2) is 4.98 Å². The van der Waals surface area contributed by atoms with Crippen molar-refractivity contribution in [3.63, 3.8) is 0 Å². The summed E-state index contributed by atoms with van der Waals surface area (Å²) >= 11 is 0. The molecule has 3 unspecified atom stereocenters. The number of carbonyl (C=O) groups is 1. The van der Waals surface area contributed by atoms with Crippen LogP contribution in [0.3, 0.4) is 0 Å². The summed E-state index contributed by atoms with van der Waals surface area (Å²) in [5, 5.41) is 3.68. The van der Waals surface area contributed by atoms with E-state index in [2.05, 4.69) is 29.0 Å². The second kappa shape index (κ2) is 8.86. The molecule has 6 nitrogen and oxygen atoms in total. The summed E-state index contributed by atoms with van der Waals surface area (Å²) in [7, 11) is 0. The summed E-state index contributed by atoms with van der Waals surface area (Å²) in [6.07, 6.45) is 3.10. The average molecular weight is 385 g/mol. The highest BCUT2D eigenvalue weighted by atomic mass is 16.2. The number of piperidine rings is 1. The zero-order valence-corrected chi connectivity index (χ0v) is 17.4. The third-order valence-corrected chi connectivity index (χ3v) is 5.52. The first-order valence-corrected chi connectivity index (χ1v) is 10.3. The molecule has 2 aromatic rings. The third kappa shape index (κ3) is 4.98. The number of nitrogens with one attached hydrogen (secondary N) is 1. The number of rotatable bonds is 6. The Morgan fingerprint density at radius 2 is 2.00 bits per heavy atom. The smallest absolute Gasteiger partial charge is 0.261 e. The number of benzene rings is 1. The molecule has 3 rings (SSSR count). The summed E-state index contributed by atoms with van der Waals surface area (Å²) in [6.45, 7) is 12.0. The molecule has 28 heavy (non-hydrogen) atoms. The number of para-hydroxylation sites is 1. The van der Waals surface area contributed by atoms with Crippen molar-refractivity contribution in [1.82, 2.24) is 19.8 Å². The summed E-state index contributed by atoms with van der Waals surface area (Å²) in [4.78, 5) is 31.8. The van der Waals surface area contributed by atoms with E-state index in [0.717, 1.165) is 30.7 Å². The number of carbonyl (C=O) groups excluding carboxylic acids is 1. The number of aromatic nitrogens is 2. The molecule has 1 fully saturated rings. The number of nitrogens with zero attached hydrogens (tertiary/aromatic N) is 3. The van der Waals surface area contributed by atoms with E-state index in [1.54, 1.807) is 12.4 Å². The average Bonchev–Trinajstić information content (AvgIpc) is 2.60. The van der Waals surface area contributed by atoms with Gasteiger partial charge in [-0.3, -0.25) is 14.2 Å². The van der Waals surface area contributed by atoms with Crippen LogP contribution in [0.15, 0.2) is 29.3 Å². The van der Waals surface area contributed by atoms with Crippen LogP contribution in [-0.4, -0.2) is 46.0 Å². The first kappa shape index (κ1) is 20.5. The van der Waals surface area contributed by atoms with Gasteiger partial charge >= 0.3 is 0 Å². The lowest BCUT2D eigenvalue weighted by molar-refractivity contribution is -0.122. The van der Waals surface area contributed by atoms with Crippen LogP contribution in [0.25, 0.3) is 10.9 Å². The number of aryl methyl sites for hydroxylation is 2. The van der Waals surface area contributed by atoms with Gasteiger partial charge in [0, 0.05) is 38.6 Å². The van der Waals surface area contributed by atoms with Crippen molar-refractivity contribution in [3.8, 4) is 0 Å². The zero-order chi connectivity index (χ0) is 20.3. The third-order valence-electron chi connectivity index (χ3n) is 5.52. The minimum Gasteiger partial charge on any atom is -0.352 e. The van der Waals surface area contributed by atoms with Crippen molar-refractivity contribution in [3.05, 3.63) is 40.4 Å². The molecule has 0 aliphatic carbocycles. The number of amides is 1. The monoisotopic (exact) mass is 384 g/mol. The van der Waals surface area contributed by atoms with Crippen LogP contribution < -0.4 is 10.9 Å². The van der Waals surface area contributed by atoms with Crippen LogP contribution in [0.2, 0.25) is 0 Å². The Labute approximate surface area is 166 Å². The molecule has 1 aromatic carbocycles. The van der Waals surface area contributed by atoms with Gasteiger partial charge in [-0.1, -0.05) is 26.0 Å². The summed E-state index contributed by atoms with van der Waals surface area (Å²) in [5.74, 6) is 1.40. The van der Waals surface area contributed by atoms with Crippen molar-refractivity contribution < 1.29 is 4.79 Å². The largest absolute Gasteiger partial charge is 0.352 e. The van der Waals surface area contributed by atoms with Crippen LogP contribution in [0.4, 0.5) is 0 Å². The number of likely N-dealkylation sites (tertiary alicyclic amines) is 1. The molecule has 1 N–H and O–H groups in total. The molecule has 0 saturated carbocycles. The van der Waals surface area contributed by atoms with Gasteiger partial charge in [0.15, 0.2) is 0 Å². The Balaban J connectivity index is 1.53. The van der Waals surface area contributed by atoms with E-state index >= 15 is 0 Å². The highest BCUT2D eigenvalue weighted by Crippen LogP contribution is 2.20. The highest BCUT2D eigenvalue weighted by Gasteiger charge is 2.23. The second-order valence-corrected chi connectivity index (χ2v) is 8.60. The van der Waals surface area contributed by atoms with Gasteiger partial charge < -0.3 is 10.2 Å². The van der Waals surface area contributed by atoms with E-state index in [4.69, 9.17) is 0 Å². The maximum Gasteiger partial charge on any atom is 0.261 e. The Hall–Kier alpha value is -2.21. The first-order valence-electron chi connectivity index (χ1n) is 10.3. The van der Waals surface area contributed by atoms with E-state index in [-0.39, 0.29) is 23.9 Å². The van der Waals surface area contributed by atoms with Crippen LogP contribution in [0.1, 0.15) is 39.2 Å². The van der Waals surface area contributed by atoms with Gasteiger partial charge in [-0.2, -0.15) is 0 Å². The second-order valence-electron chi connectivity index (χ2n) is 8.60. The molecule has 0 spiro atoms. The zero-order valence-electron chi connectivity index (χ0n) is 17.4. The van der Waals surface area contributed by atoms with Gasteiger partial charge in [0.25, 0.3) is 5.56 Å². The van der Waals surface area contributed by atoms with Crippen LogP contribution in [0, 0.1) is 18.8 Å². The fourth-order valence-electron chi connectivity index (χ4n) is 4.44. The van der Waals surface area contributed by atoms with Gasteiger partial charge in [0.1, 0.15) is 0 Å². The molecule has 3 atom stereocenters. The maximum atomic E-state index is 12.6. The minimum absolute atomic E-state index is 0.0261. The van der Waals surface area contributed by atoms with Gasteiger partial charge in [-0.15, -0.1) is 0 Å². The molecule has 0 radical (unpaired) electrons. The van der Waals surface area contributed by atoms with Gasteiger partial charge in [0.2, 0.25) is 5.91 Å². The summed E-state index contributed by atoms with van der Waals surface area (Å²) < 4.78 is 1.53. The molecule has 0 bridgehead atoms. The topological polar surface area (TPSA) is 67.2 Å². The van der Waals surface area contributed by atoms with Gasteiger partial charge in [-0.05, 0) is 43.7 Å². The highest BCUT2D eigenvalue weighted by molar-refractivity contribution is 5.80. The normalized spacial score (nSPS) is 21.6. The lowest BCUT2D eigenvalue weighted by Crippen LogP contribution is -2.47. The summed E-state index contributed by atoms with van der Waals surface area (Å²) in [6, 6.07) is 5.69. The fraction of sp³-hybridized carbons (Fsp3) is 0.591. The molecule has 1 aliphatic heterocycles. The molecule has 1 aromatic heterocycles. The van der Waals surface area contributed by atoms with Crippen molar-refractivity contribution in [2.75, 3.05) is 19.6 Å². The predicted octanol–water partition coefficient (Wildman–Crippen LogP) is 2.58. The molecule has 2 heterocycles. The Morgan fingerprint density at radius 3 is 2.71 bits per heavy atom. The van der Waals surface area contributed by atoms with Gasteiger partial charge in [0.05, 0.1) is 17.2 Å². The number of fused-ring (bicyclic) bond motifs is 1. The molecular formula is C22H32N4O2. The van der Waals surface area contributed by atoms with Crippen LogP contribution >= 0.6 is 0 Å². The first-order chi connectivity index (χ1) is 13.3. The van der Waals surface area contributed by atoms with E-state index in [9.17, 15) is 9.59 Å². The minimum atomic E-state index is -0.0918. The quantitative estimate of drug-likeness (QED) is 0.831. The predicted molar refractivity (Wildman–Crippen MR) is 112 cm³/mol. The number of hydrogen-bond acceptors (Lipinski definition) is 4. The Bertz CT molecular complexity index is 882. The van der Waals surface area contributed by atoms with E-state index in [1.807, 2.05) is 26.0 Å².